The molecule has 0 radical (unpaired) electrons. The zero-order valence-electron chi connectivity index (χ0n) is 11.3. The van der Waals surface area contributed by atoms with E-state index >= 15 is 0 Å². The molecule has 1 aromatic carbocycles. The van der Waals surface area contributed by atoms with Crippen LogP contribution in [0, 0.1) is 0 Å². The number of benzene rings is 1. The zero-order valence-corrected chi connectivity index (χ0v) is 13.7. The molecule has 0 atom stereocenters. The molecule has 0 saturated carbocycles. The van der Waals surface area contributed by atoms with Gasteiger partial charge in [0.1, 0.15) is 0 Å². The summed E-state index contributed by atoms with van der Waals surface area (Å²) in [6.45, 7) is 1.60. The Kier molecular flexibility index (Phi) is 5.61. The summed E-state index contributed by atoms with van der Waals surface area (Å²) in [5.74, 6) is 0.00284. The molecule has 0 unspecified atom stereocenters. The van der Waals surface area contributed by atoms with Crippen molar-refractivity contribution in [3.05, 3.63) is 51.1 Å². The Balaban J connectivity index is 1.70. The highest BCUT2D eigenvalue weighted by molar-refractivity contribution is 9.11. The molecule has 1 aromatic heterocycles. The van der Waals surface area contributed by atoms with Crippen LogP contribution in [0.1, 0.15) is 16.1 Å². The fourth-order valence-electron chi connectivity index (χ4n) is 1.85. The summed E-state index contributed by atoms with van der Waals surface area (Å²) in [4.78, 5) is 14.8. The second kappa shape index (κ2) is 7.45. The molecule has 0 spiro atoms. The van der Waals surface area contributed by atoms with Gasteiger partial charge in [0.05, 0.1) is 8.66 Å². The van der Waals surface area contributed by atoms with E-state index in [1.54, 1.807) is 0 Å². The minimum absolute atomic E-state index is 0.00284. The summed E-state index contributed by atoms with van der Waals surface area (Å²) >= 11 is 4.81. The van der Waals surface area contributed by atoms with Gasteiger partial charge in [-0.25, -0.2) is 0 Å². The Labute approximate surface area is 131 Å². The highest BCUT2D eigenvalue weighted by Crippen LogP contribution is 2.21. The third kappa shape index (κ3) is 4.35. The summed E-state index contributed by atoms with van der Waals surface area (Å²) in [7, 11) is 2.06. The molecule has 20 heavy (non-hydrogen) atoms. The third-order valence-electron chi connectivity index (χ3n) is 2.95. The number of thiophene rings is 1. The van der Waals surface area contributed by atoms with Crippen molar-refractivity contribution in [2.75, 3.05) is 25.0 Å². The van der Waals surface area contributed by atoms with Crippen LogP contribution in [0.3, 0.4) is 0 Å². The van der Waals surface area contributed by atoms with E-state index in [-0.39, 0.29) is 5.91 Å². The van der Waals surface area contributed by atoms with Crippen molar-refractivity contribution >= 4 is 38.9 Å². The van der Waals surface area contributed by atoms with Gasteiger partial charge < -0.3 is 10.2 Å². The van der Waals surface area contributed by atoms with Crippen LogP contribution in [-0.4, -0.2) is 26.0 Å². The number of nitrogens with one attached hydrogen (secondary N) is 1. The van der Waals surface area contributed by atoms with Crippen LogP contribution >= 0.6 is 27.3 Å². The van der Waals surface area contributed by atoms with Crippen molar-refractivity contribution in [2.45, 2.75) is 6.42 Å². The molecule has 1 N–H and O–H groups in total. The fourth-order valence-corrected chi connectivity index (χ4v) is 3.16. The maximum Gasteiger partial charge on any atom is 0.261 e. The van der Waals surface area contributed by atoms with E-state index in [1.165, 1.54) is 17.0 Å². The SMILES string of the molecule is CN(CCCNC(=O)c1ccc(Br)s1)c1ccccc1. The summed E-state index contributed by atoms with van der Waals surface area (Å²) in [6.07, 6.45) is 0.920. The minimum Gasteiger partial charge on any atom is -0.375 e. The standard InChI is InChI=1S/C15H17BrN2OS/c1-18(12-6-3-2-4-7-12)11-5-10-17-15(19)13-8-9-14(16)20-13/h2-4,6-9H,5,10-11H2,1H3,(H,17,19). The summed E-state index contributed by atoms with van der Waals surface area (Å²) < 4.78 is 0.978. The van der Waals surface area contributed by atoms with Gasteiger partial charge in [0.15, 0.2) is 0 Å². The number of hydrogen-bond acceptors (Lipinski definition) is 3. The first kappa shape index (κ1) is 15.1. The molecular weight excluding hydrogens is 336 g/mol. The second-order valence-corrected chi connectivity index (χ2v) is 6.93. The molecule has 3 nitrogen and oxygen atoms in total. The molecule has 1 amide bonds. The van der Waals surface area contributed by atoms with Gasteiger partial charge in [0.2, 0.25) is 0 Å². The lowest BCUT2D eigenvalue weighted by Crippen LogP contribution is -2.27. The quantitative estimate of drug-likeness (QED) is 0.802. The van der Waals surface area contributed by atoms with E-state index in [2.05, 4.69) is 45.3 Å². The maximum absolute atomic E-state index is 11.8. The van der Waals surface area contributed by atoms with Gasteiger partial charge in [-0.05, 0) is 46.6 Å². The van der Waals surface area contributed by atoms with Crippen molar-refractivity contribution in [1.29, 1.82) is 0 Å². The lowest BCUT2D eigenvalue weighted by Gasteiger charge is -2.19. The van der Waals surface area contributed by atoms with Gasteiger partial charge in [-0.3, -0.25) is 4.79 Å². The van der Waals surface area contributed by atoms with E-state index < -0.39 is 0 Å². The average Bonchev–Trinajstić information content (AvgIpc) is 2.91. The molecule has 106 valence electrons. The molecule has 0 bridgehead atoms. The highest BCUT2D eigenvalue weighted by Gasteiger charge is 2.07. The van der Waals surface area contributed by atoms with E-state index in [9.17, 15) is 4.79 Å². The van der Waals surface area contributed by atoms with Gasteiger partial charge >= 0.3 is 0 Å². The number of hydrogen-bond donors (Lipinski definition) is 1. The molecule has 0 aliphatic carbocycles. The topological polar surface area (TPSA) is 32.3 Å². The largest absolute Gasteiger partial charge is 0.375 e. The number of carbonyl (C=O) groups is 1. The van der Waals surface area contributed by atoms with Gasteiger partial charge in [-0.1, -0.05) is 18.2 Å². The first-order valence-corrected chi connectivity index (χ1v) is 8.07. The van der Waals surface area contributed by atoms with Gasteiger partial charge in [-0.15, -0.1) is 11.3 Å². The molecule has 5 heteroatoms. The van der Waals surface area contributed by atoms with E-state index in [1.807, 2.05) is 30.3 Å². The Morgan fingerprint density at radius 1 is 1.25 bits per heavy atom. The maximum atomic E-state index is 11.8. The summed E-state index contributed by atoms with van der Waals surface area (Å²) in [5, 5.41) is 2.94. The Morgan fingerprint density at radius 3 is 2.65 bits per heavy atom. The predicted octanol–water partition coefficient (Wildman–Crippen LogP) is 3.77. The van der Waals surface area contributed by atoms with Crippen LogP contribution in [0.15, 0.2) is 46.3 Å². The van der Waals surface area contributed by atoms with Crippen LogP contribution in [0.25, 0.3) is 0 Å². The van der Waals surface area contributed by atoms with Crippen molar-refractivity contribution in [1.82, 2.24) is 5.32 Å². The molecule has 0 saturated heterocycles. The van der Waals surface area contributed by atoms with Crippen LogP contribution in [-0.2, 0) is 0 Å². The summed E-state index contributed by atoms with van der Waals surface area (Å²) in [5.41, 5.74) is 1.20. The van der Waals surface area contributed by atoms with Crippen molar-refractivity contribution in [3.63, 3.8) is 0 Å². The van der Waals surface area contributed by atoms with Gasteiger partial charge in [-0.2, -0.15) is 0 Å². The number of para-hydroxylation sites is 1. The normalized spacial score (nSPS) is 10.3. The van der Waals surface area contributed by atoms with E-state index in [0.29, 0.717) is 6.54 Å². The number of halogens is 1. The summed E-state index contributed by atoms with van der Waals surface area (Å²) in [6, 6.07) is 14.0. The lowest BCUT2D eigenvalue weighted by atomic mass is 10.3. The number of nitrogens with zero attached hydrogens (tertiary/aromatic N) is 1. The first-order valence-electron chi connectivity index (χ1n) is 6.46. The van der Waals surface area contributed by atoms with Crippen LogP contribution in [0.5, 0.6) is 0 Å². The Morgan fingerprint density at radius 2 is 2.00 bits per heavy atom. The average molecular weight is 353 g/mol. The molecule has 1 heterocycles. The molecule has 2 rings (SSSR count). The second-order valence-electron chi connectivity index (χ2n) is 4.47. The lowest BCUT2D eigenvalue weighted by molar-refractivity contribution is 0.0957. The van der Waals surface area contributed by atoms with Crippen LogP contribution < -0.4 is 10.2 Å². The number of rotatable bonds is 6. The monoisotopic (exact) mass is 352 g/mol. The van der Waals surface area contributed by atoms with Gasteiger partial charge in [0.25, 0.3) is 5.91 Å². The number of carbonyl (C=O) groups excluding carboxylic acids is 1. The van der Waals surface area contributed by atoms with Crippen molar-refractivity contribution in [3.8, 4) is 0 Å². The van der Waals surface area contributed by atoms with Crippen molar-refractivity contribution < 1.29 is 4.79 Å². The highest BCUT2D eigenvalue weighted by atomic mass is 79.9. The number of amides is 1. The minimum atomic E-state index is 0.00284. The van der Waals surface area contributed by atoms with Crippen molar-refractivity contribution in [2.24, 2.45) is 0 Å². The van der Waals surface area contributed by atoms with Gasteiger partial charge in [0, 0.05) is 25.8 Å². The smallest absolute Gasteiger partial charge is 0.261 e. The molecule has 0 aliphatic heterocycles. The van der Waals surface area contributed by atoms with Crippen LogP contribution in [0.2, 0.25) is 0 Å². The molecule has 2 aromatic rings. The molecule has 0 aliphatic rings. The van der Waals surface area contributed by atoms with E-state index in [4.69, 9.17) is 0 Å². The van der Waals surface area contributed by atoms with Crippen LogP contribution in [0.4, 0.5) is 5.69 Å². The Hall–Kier alpha value is -1.33. The molecule has 0 fully saturated rings. The Bertz CT molecular complexity index is 556. The fraction of sp³-hybridized carbons (Fsp3) is 0.267. The number of anilines is 1. The molecular formula is C15H17BrN2OS. The zero-order chi connectivity index (χ0) is 14.4. The predicted molar refractivity (Wildman–Crippen MR) is 88.7 cm³/mol. The van der Waals surface area contributed by atoms with E-state index in [0.717, 1.165) is 21.6 Å². The first-order chi connectivity index (χ1) is 9.66. The third-order valence-corrected chi connectivity index (χ3v) is 4.57.